The summed E-state index contributed by atoms with van der Waals surface area (Å²) < 4.78 is 0. The van der Waals surface area contributed by atoms with Crippen molar-refractivity contribution in [1.82, 2.24) is 9.80 Å². The molecule has 0 saturated heterocycles. The molecule has 0 aliphatic rings. The average Bonchev–Trinajstić information content (AvgIpc) is 2.01. The van der Waals surface area contributed by atoms with Gasteiger partial charge in [-0.15, -0.1) is 0 Å². The standard InChI is InChI=1S/C11H24N2O2/c1-7-9(12(4)5)10(14)13(6)8-11(2,3)15/h9,15H,7-8H2,1-6H3. The topological polar surface area (TPSA) is 43.8 Å². The Hall–Kier alpha value is -0.610. The van der Waals surface area contributed by atoms with Crippen molar-refractivity contribution in [2.45, 2.75) is 38.8 Å². The first kappa shape index (κ1) is 14.4. The predicted molar refractivity (Wildman–Crippen MR) is 61.7 cm³/mol. The van der Waals surface area contributed by atoms with E-state index in [-0.39, 0.29) is 11.9 Å². The van der Waals surface area contributed by atoms with Crippen LogP contribution in [0.25, 0.3) is 0 Å². The van der Waals surface area contributed by atoms with E-state index in [1.807, 2.05) is 25.9 Å². The van der Waals surface area contributed by atoms with Gasteiger partial charge in [-0.25, -0.2) is 0 Å². The lowest BCUT2D eigenvalue weighted by atomic mass is 10.1. The van der Waals surface area contributed by atoms with Crippen molar-refractivity contribution in [1.29, 1.82) is 0 Å². The molecule has 4 nitrogen and oxygen atoms in total. The van der Waals surface area contributed by atoms with E-state index in [9.17, 15) is 9.90 Å². The number of hydrogen-bond acceptors (Lipinski definition) is 3. The maximum atomic E-state index is 12.0. The molecule has 0 heterocycles. The van der Waals surface area contributed by atoms with E-state index < -0.39 is 5.60 Å². The third-order valence-electron chi connectivity index (χ3n) is 2.30. The minimum absolute atomic E-state index is 0.0598. The lowest BCUT2D eigenvalue weighted by Crippen LogP contribution is -2.48. The Kier molecular flexibility index (Phi) is 5.24. The Morgan fingerprint density at radius 2 is 1.80 bits per heavy atom. The van der Waals surface area contributed by atoms with Gasteiger partial charge in [-0.2, -0.15) is 0 Å². The van der Waals surface area contributed by atoms with Crippen LogP contribution in [0.2, 0.25) is 0 Å². The summed E-state index contributed by atoms with van der Waals surface area (Å²) in [7, 11) is 5.51. The lowest BCUT2D eigenvalue weighted by molar-refractivity contribution is -0.137. The highest BCUT2D eigenvalue weighted by atomic mass is 16.3. The Labute approximate surface area is 92.9 Å². The molecule has 1 amide bonds. The zero-order chi connectivity index (χ0) is 12.2. The van der Waals surface area contributed by atoms with Crippen molar-refractivity contribution in [3.8, 4) is 0 Å². The Morgan fingerprint density at radius 1 is 1.33 bits per heavy atom. The number of aliphatic hydroxyl groups is 1. The van der Waals surface area contributed by atoms with Gasteiger partial charge >= 0.3 is 0 Å². The fourth-order valence-corrected chi connectivity index (χ4v) is 1.67. The molecule has 4 heteroatoms. The minimum atomic E-state index is -0.838. The smallest absolute Gasteiger partial charge is 0.239 e. The van der Waals surface area contributed by atoms with E-state index in [0.29, 0.717) is 6.54 Å². The first-order valence-electron chi connectivity index (χ1n) is 5.32. The highest BCUT2D eigenvalue weighted by molar-refractivity contribution is 5.81. The zero-order valence-electron chi connectivity index (χ0n) is 10.7. The van der Waals surface area contributed by atoms with Crippen LogP contribution in [0.5, 0.6) is 0 Å². The molecule has 0 radical (unpaired) electrons. The third-order valence-corrected chi connectivity index (χ3v) is 2.30. The van der Waals surface area contributed by atoms with Gasteiger partial charge in [0, 0.05) is 13.6 Å². The molecule has 15 heavy (non-hydrogen) atoms. The van der Waals surface area contributed by atoms with Gasteiger partial charge in [-0.05, 0) is 34.4 Å². The minimum Gasteiger partial charge on any atom is -0.389 e. The molecule has 0 aromatic rings. The van der Waals surface area contributed by atoms with Crippen LogP contribution in [-0.2, 0) is 4.79 Å². The van der Waals surface area contributed by atoms with Gasteiger partial charge in [-0.3, -0.25) is 9.69 Å². The van der Waals surface area contributed by atoms with Gasteiger partial charge in [0.05, 0.1) is 11.6 Å². The number of hydrogen-bond donors (Lipinski definition) is 1. The summed E-state index contributed by atoms with van der Waals surface area (Å²) in [5, 5.41) is 9.62. The zero-order valence-corrected chi connectivity index (χ0v) is 10.7. The van der Waals surface area contributed by atoms with Gasteiger partial charge < -0.3 is 10.0 Å². The maximum Gasteiger partial charge on any atom is 0.239 e. The third kappa shape index (κ3) is 5.14. The summed E-state index contributed by atoms with van der Waals surface area (Å²) in [5.41, 5.74) is -0.838. The molecule has 1 N–H and O–H groups in total. The van der Waals surface area contributed by atoms with Crippen LogP contribution in [0.1, 0.15) is 27.2 Å². The molecule has 1 unspecified atom stereocenters. The van der Waals surface area contributed by atoms with Crippen molar-refractivity contribution in [3.63, 3.8) is 0 Å². The van der Waals surface area contributed by atoms with Crippen molar-refractivity contribution in [2.24, 2.45) is 0 Å². The Balaban J connectivity index is 4.42. The lowest BCUT2D eigenvalue weighted by Gasteiger charge is -2.31. The van der Waals surface area contributed by atoms with Crippen molar-refractivity contribution in [3.05, 3.63) is 0 Å². The van der Waals surface area contributed by atoms with Crippen molar-refractivity contribution >= 4 is 5.91 Å². The summed E-state index contributed by atoms with van der Waals surface area (Å²) in [5.74, 6) is 0.0598. The van der Waals surface area contributed by atoms with Gasteiger partial charge in [0.15, 0.2) is 0 Å². The molecule has 0 aromatic heterocycles. The molecule has 0 saturated carbocycles. The molecule has 0 bridgehead atoms. The highest BCUT2D eigenvalue weighted by Gasteiger charge is 2.25. The number of nitrogens with zero attached hydrogens (tertiary/aromatic N) is 2. The summed E-state index contributed by atoms with van der Waals surface area (Å²) in [6.07, 6.45) is 0.780. The van der Waals surface area contributed by atoms with Crippen LogP contribution < -0.4 is 0 Å². The SMILES string of the molecule is CCC(C(=O)N(C)CC(C)(C)O)N(C)C. The first-order valence-corrected chi connectivity index (χ1v) is 5.32. The molecule has 90 valence electrons. The molecular weight excluding hydrogens is 192 g/mol. The predicted octanol–water partition coefficient (Wildman–Crippen LogP) is 0.556. The van der Waals surface area contributed by atoms with E-state index in [1.54, 1.807) is 25.8 Å². The molecule has 0 fully saturated rings. The Bertz CT molecular complexity index is 209. The van der Waals surface area contributed by atoms with Crippen LogP contribution in [0.3, 0.4) is 0 Å². The summed E-state index contributed by atoms with van der Waals surface area (Å²) in [4.78, 5) is 15.5. The summed E-state index contributed by atoms with van der Waals surface area (Å²) >= 11 is 0. The molecule has 1 atom stereocenters. The van der Waals surface area contributed by atoms with Crippen molar-refractivity contribution < 1.29 is 9.90 Å². The second-order valence-corrected chi connectivity index (χ2v) is 4.89. The van der Waals surface area contributed by atoms with E-state index in [4.69, 9.17) is 0 Å². The van der Waals surface area contributed by atoms with E-state index in [1.165, 1.54) is 0 Å². The average molecular weight is 216 g/mol. The first-order chi connectivity index (χ1) is 6.69. The van der Waals surface area contributed by atoms with Gasteiger partial charge in [0.2, 0.25) is 5.91 Å². The monoisotopic (exact) mass is 216 g/mol. The number of likely N-dealkylation sites (N-methyl/N-ethyl adjacent to an activating group) is 2. The molecule has 0 aliphatic carbocycles. The molecule has 0 aliphatic heterocycles. The van der Waals surface area contributed by atoms with Gasteiger partial charge in [0.25, 0.3) is 0 Å². The quantitative estimate of drug-likeness (QED) is 0.730. The summed E-state index contributed by atoms with van der Waals surface area (Å²) in [6.45, 7) is 5.75. The number of rotatable bonds is 5. The molecule has 0 spiro atoms. The highest BCUT2D eigenvalue weighted by Crippen LogP contribution is 2.08. The maximum absolute atomic E-state index is 12.0. The molecular formula is C11H24N2O2. The second-order valence-electron chi connectivity index (χ2n) is 4.89. The number of amides is 1. The second kappa shape index (κ2) is 5.47. The van der Waals surface area contributed by atoms with Gasteiger partial charge in [-0.1, -0.05) is 6.92 Å². The fourth-order valence-electron chi connectivity index (χ4n) is 1.67. The van der Waals surface area contributed by atoms with Crippen LogP contribution in [0, 0.1) is 0 Å². The van der Waals surface area contributed by atoms with Crippen LogP contribution in [0.15, 0.2) is 0 Å². The number of carbonyl (C=O) groups excluding carboxylic acids is 1. The van der Waals surface area contributed by atoms with E-state index in [0.717, 1.165) is 6.42 Å². The van der Waals surface area contributed by atoms with Crippen LogP contribution in [0.4, 0.5) is 0 Å². The van der Waals surface area contributed by atoms with Crippen LogP contribution >= 0.6 is 0 Å². The van der Waals surface area contributed by atoms with E-state index >= 15 is 0 Å². The molecule has 0 rings (SSSR count). The normalized spacial score (nSPS) is 14.1. The largest absolute Gasteiger partial charge is 0.389 e. The molecule has 0 aromatic carbocycles. The van der Waals surface area contributed by atoms with Crippen molar-refractivity contribution in [2.75, 3.05) is 27.7 Å². The summed E-state index contributed by atoms with van der Waals surface area (Å²) in [6, 6.07) is -0.0997. The van der Waals surface area contributed by atoms with E-state index in [2.05, 4.69) is 0 Å². The van der Waals surface area contributed by atoms with Crippen LogP contribution in [-0.4, -0.2) is 60.1 Å². The van der Waals surface area contributed by atoms with Gasteiger partial charge in [0.1, 0.15) is 0 Å². The number of carbonyl (C=O) groups is 1. The fraction of sp³-hybridized carbons (Fsp3) is 0.909. The Morgan fingerprint density at radius 3 is 2.07 bits per heavy atom.